The SMILES string of the molecule is CCOC(=O)c1cccc(N=c2oc3c(OC)cccc3cc2C(=O)NC[C@H]2CCCO2)c1. The fraction of sp³-hybridized carbons (Fsp3) is 0.320. The van der Waals surface area contributed by atoms with Gasteiger partial charge in [0.15, 0.2) is 11.3 Å². The summed E-state index contributed by atoms with van der Waals surface area (Å²) in [5.41, 5.74) is 1.66. The molecule has 1 saturated heterocycles. The van der Waals surface area contributed by atoms with Crippen LogP contribution in [0.3, 0.4) is 0 Å². The highest BCUT2D eigenvalue weighted by atomic mass is 16.5. The van der Waals surface area contributed by atoms with Crippen LogP contribution >= 0.6 is 0 Å². The van der Waals surface area contributed by atoms with Gasteiger partial charge in [-0.05, 0) is 50.1 Å². The molecule has 0 saturated carbocycles. The molecule has 8 heteroatoms. The van der Waals surface area contributed by atoms with E-state index in [4.69, 9.17) is 18.6 Å². The lowest BCUT2D eigenvalue weighted by Crippen LogP contribution is -2.34. The van der Waals surface area contributed by atoms with E-state index in [0.29, 0.717) is 41.1 Å². The van der Waals surface area contributed by atoms with Crippen molar-refractivity contribution in [3.63, 3.8) is 0 Å². The number of nitrogens with zero attached hydrogens (tertiary/aromatic N) is 1. The molecule has 4 rings (SSSR count). The highest BCUT2D eigenvalue weighted by Crippen LogP contribution is 2.25. The van der Waals surface area contributed by atoms with Crippen molar-refractivity contribution in [1.29, 1.82) is 0 Å². The number of rotatable bonds is 7. The van der Waals surface area contributed by atoms with Gasteiger partial charge in [-0.3, -0.25) is 4.79 Å². The van der Waals surface area contributed by atoms with Crippen molar-refractivity contribution in [1.82, 2.24) is 5.32 Å². The number of fused-ring (bicyclic) bond motifs is 1. The molecular formula is C25H26N2O6. The molecule has 1 fully saturated rings. The summed E-state index contributed by atoms with van der Waals surface area (Å²) in [6.45, 7) is 3.14. The zero-order valence-corrected chi connectivity index (χ0v) is 18.6. The Morgan fingerprint density at radius 1 is 1.18 bits per heavy atom. The summed E-state index contributed by atoms with van der Waals surface area (Å²) in [7, 11) is 1.55. The third-order valence-electron chi connectivity index (χ3n) is 5.31. The second-order valence-corrected chi connectivity index (χ2v) is 7.57. The van der Waals surface area contributed by atoms with E-state index in [-0.39, 0.29) is 29.7 Å². The molecule has 1 amide bonds. The summed E-state index contributed by atoms with van der Waals surface area (Å²) >= 11 is 0. The van der Waals surface area contributed by atoms with Gasteiger partial charge in [-0.15, -0.1) is 0 Å². The zero-order chi connectivity index (χ0) is 23.2. The minimum absolute atomic E-state index is 0.00749. The minimum atomic E-state index is -0.443. The summed E-state index contributed by atoms with van der Waals surface area (Å²) in [4.78, 5) is 29.7. The number of amides is 1. The molecule has 1 aliphatic rings. The Morgan fingerprint density at radius 2 is 2.03 bits per heavy atom. The second-order valence-electron chi connectivity index (χ2n) is 7.57. The maximum absolute atomic E-state index is 13.1. The molecule has 172 valence electrons. The third-order valence-corrected chi connectivity index (χ3v) is 5.31. The van der Waals surface area contributed by atoms with Crippen LogP contribution in [-0.4, -0.2) is 44.8 Å². The summed E-state index contributed by atoms with van der Waals surface area (Å²) < 4.78 is 22.1. The lowest BCUT2D eigenvalue weighted by atomic mass is 10.1. The molecule has 1 N–H and O–H groups in total. The molecule has 33 heavy (non-hydrogen) atoms. The first-order valence-electron chi connectivity index (χ1n) is 10.9. The van der Waals surface area contributed by atoms with E-state index in [1.165, 1.54) is 0 Å². The van der Waals surface area contributed by atoms with Crippen molar-refractivity contribution >= 4 is 28.5 Å². The van der Waals surface area contributed by atoms with E-state index in [1.807, 2.05) is 12.1 Å². The number of benzene rings is 2. The predicted molar refractivity (Wildman–Crippen MR) is 122 cm³/mol. The molecule has 3 aromatic rings. The van der Waals surface area contributed by atoms with Crippen molar-refractivity contribution in [3.05, 3.63) is 65.2 Å². The average molecular weight is 450 g/mol. The van der Waals surface area contributed by atoms with Crippen LogP contribution in [0.2, 0.25) is 0 Å². The average Bonchev–Trinajstić information content (AvgIpc) is 3.36. The van der Waals surface area contributed by atoms with Crippen LogP contribution in [0.5, 0.6) is 5.75 Å². The molecule has 0 spiro atoms. The van der Waals surface area contributed by atoms with Gasteiger partial charge in [-0.25, -0.2) is 9.79 Å². The number of ether oxygens (including phenoxy) is 3. The zero-order valence-electron chi connectivity index (χ0n) is 18.6. The number of esters is 1. The number of carbonyl (C=O) groups excluding carboxylic acids is 2. The summed E-state index contributed by atoms with van der Waals surface area (Å²) in [5, 5.41) is 3.62. The van der Waals surface area contributed by atoms with Crippen molar-refractivity contribution < 1.29 is 28.2 Å². The second kappa shape index (κ2) is 10.3. The van der Waals surface area contributed by atoms with Gasteiger partial charge in [0, 0.05) is 18.5 Å². The Balaban J connectivity index is 1.77. The van der Waals surface area contributed by atoms with Gasteiger partial charge < -0.3 is 23.9 Å². The van der Waals surface area contributed by atoms with E-state index >= 15 is 0 Å². The van der Waals surface area contributed by atoms with E-state index in [1.54, 1.807) is 50.4 Å². The molecule has 0 radical (unpaired) electrons. The van der Waals surface area contributed by atoms with Crippen molar-refractivity contribution in [2.24, 2.45) is 4.99 Å². The predicted octanol–water partition coefficient (Wildman–Crippen LogP) is 3.76. The standard InChI is InChI=1S/C25H26N2O6/c1-3-31-25(29)17-8-4-9-18(13-17)27-24-20(23(28)26-15-19-10-6-12-32-19)14-16-7-5-11-21(30-2)22(16)33-24/h4-5,7-9,11,13-14,19H,3,6,10,12,15H2,1-2H3,(H,26,28)/t19-/m1/s1. The molecule has 0 aliphatic carbocycles. The minimum Gasteiger partial charge on any atom is -0.493 e. The molecule has 2 aromatic carbocycles. The van der Waals surface area contributed by atoms with Crippen molar-refractivity contribution in [2.45, 2.75) is 25.9 Å². The number of hydrogen-bond donors (Lipinski definition) is 1. The number of hydrogen-bond acceptors (Lipinski definition) is 7. The smallest absolute Gasteiger partial charge is 0.338 e. The summed E-state index contributed by atoms with van der Waals surface area (Å²) in [6, 6.07) is 13.8. The van der Waals surface area contributed by atoms with Crippen LogP contribution in [0, 0.1) is 0 Å². The monoisotopic (exact) mass is 450 g/mol. The largest absolute Gasteiger partial charge is 0.493 e. The Bertz CT molecular complexity index is 1230. The molecule has 1 aliphatic heterocycles. The Hall–Kier alpha value is -3.65. The topological polar surface area (TPSA) is 99.4 Å². The third kappa shape index (κ3) is 5.23. The van der Waals surface area contributed by atoms with Gasteiger partial charge in [0.05, 0.1) is 31.1 Å². The van der Waals surface area contributed by atoms with Crippen LogP contribution in [0.4, 0.5) is 5.69 Å². The van der Waals surface area contributed by atoms with Gasteiger partial charge in [-0.2, -0.15) is 0 Å². The first-order chi connectivity index (χ1) is 16.1. The number of methoxy groups -OCH3 is 1. The fourth-order valence-electron chi connectivity index (χ4n) is 3.67. The highest BCUT2D eigenvalue weighted by molar-refractivity contribution is 5.97. The molecule has 0 unspecified atom stereocenters. The maximum atomic E-state index is 13.1. The van der Waals surface area contributed by atoms with Crippen molar-refractivity contribution in [3.8, 4) is 5.75 Å². The summed E-state index contributed by atoms with van der Waals surface area (Å²) in [6.07, 6.45) is 1.91. The molecular weight excluding hydrogens is 424 g/mol. The quantitative estimate of drug-likeness (QED) is 0.550. The van der Waals surface area contributed by atoms with Crippen LogP contribution in [0.25, 0.3) is 11.0 Å². The van der Waals surface area contributed by atoms with Gasteiger partial charge in [0.1, 0.15) is 5.56 Å². The maximum Gasteiger partial charge on any atom is 0.338 e. The molecule has 2 heterocycles. The Kier molecular flexibility index (Phi) is 7.04. The Morgan fingerprint density at radius 3 is 2.79 bits per heavy atom. The fourth-order valence-corrected chi connectivity index (χ4v) is 3.67. The van der Waals surface area contributed by atoms with E-state index in [9.17, 15) is 9.59 Å². The van der Waals surface area contributed by atoms with Crippen LogP contribution in [0.1, 0.15) is 40.5 Å². The van der Waals surface area contributed by atoms with Gasteiger partial charge in [-0.1, -0.05) is 18.2 Å². The molecule has 1 atom stereocenters. The normalized spacial score (nSPS) is 16.1. The van der Waals surface area contributed by atoms with Gasteiger partial charge in [0.2, 0.25) is 5.55 Å². The van der Waals surface area contributed by atoms with E-state index in [0.717, 1.165) is 12.8 Å². The van der Waals surface area contributed by atoms with Crippen LogP contribution in [0.15, 0.2) is 57.9 Å². The van der Waals surface area contributed by atoms with Gasteiger partial charge in [0.25, 0.3) is 5.91 Å². The Labute approximate surface area is 191 Å². The van der Waals surface area contributed by atoms with Crippen LogP contribution in [-0.2, 0) is 9.47 Å². The highest BCUT2D eigenvalue weighted by Gasteiger charge is 2.19. The lowest BCUT2D eigenvalue weighted by molar-refractivity contribution is 0.0526. The van der Waals surface area contributed by atoms with Gasteiger partial charge >= 0.3 is 5.97 Å². The molecule has 8 nitrogen and oxygen atoms in total. The van der Waals surface area contributed by atoms with E-state index in [2.05, 4.69) is 10.3 Å². The summed E-state index contributed by atoms with van der Waals surface area (Å²) in [5.74, 6) is -0.240. The number of nitrogens with one attached hydrogen (secondary N) is 1. The molecule has 0 bridgehead atoms. The lowest BCUT2D eigenvalue weighted by Gasteiger charge is -2.12. The first kappa shape index (κ1) is 22.5. The first-order valence-corrected chi connectivity index (χ1v) is 10.9. The number of carbonyl (C=O) groups is 2. The van der Waals surface area contributed by atoms with Crippen LogP contribution < -0.4 is 15.6 Å². The van der Waals surface area contributed by atoms with E-state index < -0.39 is 5.97 Å². The number of para-hydroxylation sites is 1. The molecule has 1 aromatic heterocycles. The van der Waals surface area contributed by atoms with Crippen molar-refractivity contribution in [2.75, 3.05) is 26.9 Å².